The first-order valence-electron chi connectivity index (χ1n) is 7.41. The Morgan fingerprint density at radius 3 is 2.71 bits per heavy atom. The zero-order valence-corrected chi connectivity index (χ0v) is 14.2. The molecule has 1 atom stereocenters. The summed E-state index contributed by atoms with van der Waals surface area (Å²) in [5.41, 5.74) is 1.40. The fraction of sp³-hybridized carbons (Fsp3) is 0.294. The summed E-state index contributed by atoms with van der Waals surface area (Å²) >= 11 is 0. The monoisotopic (exact) mass is 350 g/mol. The molecule has 7 heteroatoms. The number of hydrogen-bond donors (Lipinski definition) is 1. The number of aryl methyl sites for hydroxylation is 1. The van der Waals surface area contributed by atoms with Gasteiger partial charge in [0.05, 0.1) is 12.0 Å². The van der Waals surface area contributed by atoms with E-state index in [2.05, 4.69) is 0 Å². The lowest BCUT2D eigenvalue weighted by Gasteiger charge is -2.27. The third-order valence-electron chi connectivity index (χ3n) is 3.81. The smallest absolute Gasteiger partial charge is 0.294 e. The average Bonchev–Trinajstić information content (AvgIpc) is 2.53. The van der Waals surface area contributed by atoms with E-state index in [1.807, 2.05) is 6.92 Å². The molecule has 6 nitrogen and oxygen atoms in total. The molecule has 0 radical (unpaired) electrons. The molecule has 3 rings (SSSR count). The summed E-state index contributed by atoms with van der Waals surface area (Å²) in [4.78, 5) is -0.104. The summed E-state index contributed by atoms with van der Waals surface area (Å²) in [7, 11) is -2.73. The predicted octanol–water partition coefficient (Wildman–Crippen LogP) is 2.63. The minimum absolute atomic E-state index is 0.104. The number of ether oxygens (including phenoxy) is 3. The van der Waals surface area contributed by atoms with E-state index in [1.54, 1.807) is 37.4 Å². The van der Waals surface area contributed by atoms with E-state index in [0.717, 1.165) is 5.56 Å². The molecule has 1 N–H and O–H groups in total. The Hall–Kier alpha value is -2.25. The second-order valence-corrected chi connectivity index (χ2v) is 7.04. The van der Waals surface area contributed by atoms with Gasteiger partial charge in [-0.2, -0.15) is 8.42 Å². The largest absolute Gasteiger partial charge is 0.497 e. The van der Waals surface area contributed by atoms with Crippen LogP contribution in [-0.2, 0) is 16.5 Å². The molecule has 1 aliphatic heterocycles. The fourth-order valence-corrected chi connectivity index (χ4v) is 3.40. The maximum absolute atomic E-state index is 11.6. The van der Waals surface area contributed by atoms with Gasteiger partial charge in [0.25, 0.3) is 10.1 Å². The Bertz CT molecular complexity index is 859. The molecule has 0 fully saturated rings. The molecule has 0 saturated carbocycles. The summed E-state index contributed by atoms with van der Waals surface area (Å²) in [6, 6.07) is 10.0. The Balaban J connectivity index is 1.86. The van der Waals surface area contributed by atoms with Gasteiger partial charge < -0.3 is 14.2 Å². The van der Waals surface area contributed by atoms with Crippen molar-refractivity contribution in [2.75, 3.05) is 13.7 Å². The number of methoxy groups -OCH3 is 1. The molecule has 0 aliphatic carbocycles. The first-order valence-corrected chi connectivity index (χ1v) is 8.85. The van der Waals surface area contributed by atoms with Gasteiger partial charge in [-0.05, 0) is 30.7 Å². The van der Waals surface area contributed by atoms with Gasteiger partial charge in [-0.1, -0.05) is 17.7 Å². The Morgan fingerprint density at radius 1 is 1.21 bits per heavy atom. The molecular formula is C17H18O6S. The Labute approximate surface area is 140 Å². The van der Waals surface area contributed by atoms with E-state index in [-0.39, 0.29) is 17.6 Å². The lowest BCUT2D eigenvalue weighted by Crippen LogP contribution is -2.31. The first-order chi connectivity index (χ1) is 11.4. The van der Waals surface area contributed by atoms with E-state index >= 15 is 0 Å². The van der Waals surface area contributed by atoms with Gasteiger partial charge in [0.2, 0.25) is 0 Å². The Morgan fingerprint density at radius 2 is 2.00 bits per heavy atom. The number of rotatable bonds is 4. The van der Waals surface area contributed by atoms with E-state index in [1.165, 1.54) is 6.07 Å². The van der Waals surface area contributed by atoms with Crippen molar-refractivity contribution >= 4 is 10.1 Å². The minimum atomic E-state index is -4.29. The summed E-state index contributed by atoms with van der Waals surface area (Å²) in [6.07, 6.45) is -0.0695. The molecule has 24 heavy (non-hydrogen) atoms. The van der Waals surface area contributed by atoms with Crippen LogP contribution >= 0.6 is 0 Å². The topological polar surface area (TPSA) is 82.1 Å². The number of benzene rings is 2. The molecule has 1 aliphatic rings. The summed E-state index contributed by atoms with van der Waals surface area (Å²) in [5, 5.41) is 0. The average molecular weight is 350 g/mol. The van der Waals surface area contributed by atoms with Crippen LogP contribution in [0.3, 0.4) is 0 Å². The van der Waals surface area contributed by atoms with Crippen LogP contribution in [0.1, 0.15) is 11.1 Å². The van der Waals surface area contributed by atoms with Gasteiger partial charge in [-0.3, -0.25) is 4.55 Å². The fourth-order valence-electron chi connectivity index (χ4n) is 2.69. The SMILES string of the molecule is COc1ccc2c(c1)OC(Cc1cc(C)ccc1S(=O)(=O)O)CO2. The zero-order valence-electron chi connectivity index (χ0n) is 13.4. The summed E-state index contributed by atoms with van der Waals surface area (Å²) in [5.74, 6) is 1.81. The Kier molecular flexibility index (Phi) is 4.38. The van der Waals surface area contributed by atoms with E-state index in [0.29, 0.717) is 29.2 Å². The highest BCUT2D eigenvalue weighted by Gasteiger charge is 2.25. The van der Waals surface area contributed by atoms with Crippen molar-refractivity contribution in [1.29, 1.82) is 0 Å². The molecule has 128 valence electrons. The second-order valence-electron chi connectivity index (χ2n) is 5.65. The van der Waals surface area contributed by atoms with Crippen molar-refractivity contribution in [3.63, 3.8) is 0 Å². The number of hydrogen-bond acceptors (Lipinski definition) is 5. The quantitative estimate of drug-likeness (QED) is 0.854. The van der Waals surface area contributed by atoms with Gasteiger partial charge in [0.1, 0.15) is 18.5 Å². The lowest BCUT2D eigenvalue weighted by molar-refractivity contribution is 0.0904. The van der Waals surface area contributed by atoms with Gasteiger partial charge in [0.15, 0.2) is 11.5 Å². The predicted molar refractivity (Wildman–Crippen MR) is 87.6 cm³/mol. The molecule has 0 aromatic heterocycles. The van der Waals surface area contributed by atoms with Crippen molar-refractivity contribution < 1.29 is 27.2 Å². The zero-order chi connectivity index (χ0) is 17.3. The highest BCUT2D eigenvalue weighted by molar-refractivity contribution is 7.85. The van der Waals surface area contributed by atoms with Crippen LogP contribution in [0.2, 0.25) is 0 Å². The second kappa shape index (κ2) is 6.33. The van der Waals surface area contributed by atoms with E-state index in [9.17, 15) is 13.0 Å². The van der Waals surface area contributed by atoms with Crippen LogP contribution in [0, 0.1) is 6.92 Å². The van der Waals surface area contributed by atoms with Gasteiger partial charge >= 0.3 is 0 Å². The van der Waals surface area contributed by atoms with Crippen LogP contribution in [0.4, 0.5) is 0 Å². The van der Waals surface area contributed by atoms with Crippen molar-refractivity contribution in [1.82, 2.24) is 0 Å². The molecule has 0 spiro atoms. The standard InChI is InChI=1S/C17H18O6S/c1-11-3-6-17(24(18,19)20)12(7-11)8-14-10-22-15-5-4-13(21-2)9-16(15)23-14/h3-7,9,14H,8,10H2,1-2H3,(H,18,19,20). The highest BCUT2D eigenvalue weighted by atomic mass is 32.2. The molecule has 1 unspecified atom stereocenters. The normalized spacial score (nSPS) is 16.7. The van der Waals surface area contributed by atoms with Crippen molar-refractivity contribution in [3.8, 4) is 17.2 Å². The van der Waals surface area contributed by atoms with E-state index < -0.39 is 10.1 Å². The van der Waals surface area contributed by atoms with Gasteiger partial charge in [-0.25, -0.2) is 0 Å². The molecule has 0 saturated heterocycles. The van der Waals surface area contributed by atoms with Crippen molar-refractivity contribution in [2.24, 2.45) is 0 Å². The van der Waals surface area contributed by atoms with Crippen molar-refractivity contribution in [3.05, 3.63) is 47.5 Å². The maximum atomic E-state index is 11.6. The summed E-state index contributed by atoms with van der Waals surface area (Å²) in [6.45, 7) is 2.15. The highest BCUT2D eigenvalue weighted by Crippen LogP contribution is 2.35. The molecule has 0 bridgehead atoms. The molecular weight excluding hydrogens is 332 g/mol. The van der Waals surface area contributed by atoms with Gasteiger partial charge in [0, 0.05) is 12.5 Å². The third kappa shape index (κ3) is 3.47. The lowest BCUT2D eigenvalue weighted by atomic mass is 10.0. The first kappa shape index (κ1) is 16.6. The van der Waals surface area contributed by atoms with Crippen LogP contribution in [0.25, 0.3) is 0 Å². The molecule has 0 amide bonds. The minimum Gasteiger partial charge on any atom is -0.497 e. The van der Waals surface area contributed by atoms with Crippen molar-refractivity contribution in [2.45, 2.75) is 24.3 Å². The van der Waals surface area contributed by atoms with Crippen LogP contribution in [0.15, 0.2) is 41.3 Å². The van der Waals surface area contributed by atoms with Gasteiger partial charge in [-0.15, -0.1) is 0 Å². The van der Waals surface area contributed by atoms with Crippen LogP contribution < -0.4 is 14.2 Å². The summed E-state index contributed by atoms with van der Waals surface area (Å²) < 4.78 is 49.3. The van der Waals surface area contributed by atoms with Crippen LogP contribution in [0.5, 0.6) is 17.2 Å². The number of fused-ring (bicyclic) bond motifs is 1. The third-order valence-corrected chi connectivity index (χ3v) is 4.76. The van der Waals surface area contributed by atoms with E-state index in [4.69, 9.17) is 14.2 Å². The maximum Gasteiger partial charge on any atom is 0.294 e. The van der Waals surface area contributed by atoms with Crippen LogP contribution in [-0.4, -0.2) is 32.8 Å². The molecule has 1 heterocycles. The molecule has 2 aromatic carbocycles. The molecule has 2 aromatic rings.